The number of aryl methyl sites for hydroxylation is 1. The molecule has 4 nitrogen and oxygen atoms in total. The van der Waals surface area contributed by atoms with Crippen molar-refractivity contribution in [1.82, 2.24) is 0 Å². The van der Waals surface area contributed by atoms with E-state index < -0.39 is 11.9 Å². The van der Waals surface area contributed by atoms with Crippen molar-refractivity contribution in [1.29, 1.82) is 0 Å². The molecular weight excluding hydrogens is 967 g/mol. The number of hydrogen-bond acceptors (Lipinski definition) is 4. The number of benzene rings is 2. The molecule has 0 saturated heterocycles. The molecule has 0 aliphatic carbocycles. The van der Waals surface area contributed by atoms with Crippen LogP contribution in [0.4, 0.5) is 0 Å². The van der Waals surface area contributed by atoms with Crippen LogP contribution in [0, 0.1) is 6.92 Å². The van der Waals surface area contributed by atoms with Gasteiger partial charge in [-0.1, -0.05) is 18.2 Å². The Morgan fingerprint density at radius 1 is 0.960 bits per heavy atom. The molecule has 2 aromatic carbocycles. The number of carbonyl (C=O) groups is 2. The molecule has 25 heavy (non-hydrogen) atoms. The van der Waals surface area contributed by atoms with E-state index in [1.165, 1.54) is 7.05 Å². The van der Waals surface area contributed by atoms with Gasteiger partial charge in [0.2, 0.25) is 0 Å². The summed E-state index contributed by atoms with van der Waals surface area (Å²) in [6.07, 6.45) is 0. The Morgan fingerprint density at radius 3 is 1.88 bits per heavy atom. The van der Waals surface area contributed by atoms with Gasteiger partial charge in [-0.15, -0.1) is 0 Å². The molecule has 0 atom stereocenters. The number of esters is 2. The van der Waals surface area contributed by atoms with Crippen LogP contribution in [-0.2, 0) is 19.1 Å². The van der Waals surface area contributed by atoms with Crippen molar-refractivity contribution in [3.8, 4) is 0 Å². The zero-order chi connectivity index (χ0) is 19.6. The van der Waals surface area contributed by atoms with Crippen LogP contribution in [0.2, 0.25) is 0 Å². The molecule has 1 aliphatic heterocycles. The van der Waals surface area contributed by atoms with E-state index in [1.54, 1.807) is 18.2 Å². The molecule has 2 aromatic rings. The molecule has 0 unspecified atom stereocenters. The second-order valence-corrected chi connectivity index (χ2v) is 51.2. The number of ether oxygens (including phenoxy) is 1. The van der Waals surface area contributed by atoms with Crippen LogP contribution in [0.1, 0.15) is 26.3 Å². The number of carbonyl (C=O) groups excluding carboxylic acids is 2. The Labute approximate surface area is 213 Å². The summed E-state index contributed by atoms with van der Waals surface area (Å²) in [5.74, 6) is -1.12. The molecule has 0 amide bonds. The minimum absolute atomic E-state index is 0.278. The van der Waals surface area contributed by atoms with Gasteiger partial charge in [0, 0.05) is 5.39 Å². The monoisotopic (exact) mass is 979 g/mol. The first-order chi connectivity index (χ1) is 11.8. The van der Waals surface area contributed by atoms with Gasteiger partial charge in [0.05, 0.1) is 11.1 Å². The first kappa shape index (κ1) is 27.6. The molecule has 1 heterocycles. The summed E-state index contributed by atoms with van der Waals surface area (Å²) in [7, 11) is 2.13. The zero-order valence-corrected chi connectivity index (χ0v) is 26.6. The van der Waals surface area contributed by atoms with Gasteiger partial charge in [-0.3, -0.25) is 0 Å². The topological polar surface area (TPSA) is 69.4 Å². The maximum atomic E-state index is 11.6. The molecule has 137 valence electrons. The fourth-order valence-corrected chi connectivity index (χ4v) is 2.09. The van der Waals surface area contributed by atoms with Crippen LogP contribution in [0.15, 0.2) is 30.3 Å². The molecule has 0 radical (unpaired) electrons. The molecule has 0 bridgehead atoms. The van der Waals surface area contributed by atoms with Gasteiger partial charge in [-0.25, -0.2) is 9.59 Å². The first-order valence-electron chi connectivity index (χ1n) is 6.39. The van der Waals surface area contributed by atoms with Gasteiger partial charge in [-0.05, 0) is 37.1 Å². The summed E-state index contributed by atoms with van der Waals surface area (Å²) in [5, 5.41) is 1.64. The maximum absolute atomic E-state index is 11.6. The number of halogens is 5. The van der Waals surface area contributed by atoms with E-state index in [9.17, 15) is 9.59 Å². The normalized spacial score (nSPS) is 11.2. The van der Waals surface area contributed by atoms with E-state index in [-0.39, 0.29) is 4.92 Å². The Morgan fingerprint density at radius 2 is 1.40 bits per heavy atom. The van der Waals surface area contributed by atoms with Crippen LogP contribution >= 0.6 is 99.9 Å². The van der Waals surface area contributed by atoms with Crippen LogP contribution < -0.4 is 5.73 Å². The molecule has 3 rings (SSSR count). The van der Waals surface area contributed by atoms with Gasteiger partial charge < -0.3 is 10.5 Å². The third-order valence-electron chi connectivity index (χ3n) is 2.88. The third-order valence-corrected chi connectivity index (χ3v) is 2.88. The van der Waals surface area contributed by atoms with Crippen molar-refractivity contribution in [2.24, 2.45) is 5.73 Å². The fraction of sp³-hybridized carbons (Fsp3) is 0.143. The summed E-state index contributed by atoms with van der Waals surface area (Å²) >= 11 is 12.1. The first-order valence-corrected chi connectivity index (χ1v) is 28.9. The summed E-state index contributed by atoms with van der Waals surface area (Å²) in [6.45, 7) is 1.95. The Bertz CT molecular complexity index is 708. The summed E-state index contributed by atoms with van der Waals surface area (Å²) in [5.41, 5.74) is 6.48. The molecule has 0 spiro atoms. The third kappa shape index (κ3) is 9.31. The number of hydrogen-bond donors (Lipinski definition) is 1. The van der Waals surface area contributed by atoms with E-state index >= 15 is 0 Å². The number of rotatable bonds is 0. The molecule has 2 N–H and O–H groups in total. The molecular formula is C14H13I5NO3V2. The van der Waals surface area contributed by atoms with Gasteiger partial charge in [-0.2, -0.15) is 0 Å². The van der Waals surface area contributed by atoms with Gasteiger partial charge in [0.25, 0.3) is 0 Å². The molecule has 0 aromatic heterocycles. The van der Waals surface area contributed by atoms with Crippen molar-refractivity contribution in [2.75, 3.05) is 7.05 Å². The summed E-state index contributed by atoms with van der Waals surface area (Å²) < 4.78 is 4.66. The average molecular weight is 980 g/mol. The zero-order valence-electron chi connectivity index (χ0n) is 13.0. The second-order valence-electron chi connectivity index (χ2n) is 4.09. The quantitative estimate of drug-likeness (QED) is 0.187. The van der Waals surface area contributed by atoms with Crippen LogP contribution in [0.25, 0.3) is 10.8 Å². The Hall–Kier alpha value is 2.62. The standard InChI is InChI=1S/C13H8O3.CH5N.5HI.2V/c1-7-5-6-10-11-8(7)3-2-4-9(11)12(14)16-13(10)15;1-2;;;;;;;/h2-6H,1H3;2H2,1H3;5*1H;;/q;;;;;;;+2;+3/p-5. The molecule has 0 saturated carbocycles. The predicted octanol–water partition coefficient (Wildman–Crippen LogP) is 6.46. The summed E-state index contributed by atoms with van der Waals surface area (Å²) in [6, 6.07) is 8.95. The molecule has 11 heteroatoms. The minimum atomic E-state index is -0.561. The van der Waals surface area contributed by atoms with Crippen LogP contribution in [-0.4, -0.2) is 19.0 Å². The van der Waals surface area contributed by atoms with E-state index in [0.29, 0.717) is 26.0 Å². The van der Waals surface area contributed by atoms with Crippen LogP contribution in [0.3, 0.4) is 0 Å². The van der Waals surface area contributed by atoms with E-state index in [2.05, 4.69) is 110 Å². The van der Waals surface area contributed by atoms with Crippen molar-refractivity contribution in [2.45, 2.75) is 6.92 Å². The SMILES string of the molecule is CN.Cc1ccc2c3c(cccc13)C(=O)OC2=O.[I][V]([I])[I].[I][V][I]. The van der Waals surface area contributed by atoms with Crippen molar-refractivity contribution >= 4 is 123 Å². The van der Waals surface area contributed by atoms with Gasteiger partial charge in [0.1, 0.15) is 0 Å². The molecule has 0 fully saturated rings. The van der Waals surface area contributed by atoms with Gasteiger partial charge >= 0.3 is 126 Å². The van der Waals surface area contributed by atoms with Crippen LogP contribution in [0.5, 0.6) is 0 Å². The van der Waals surface area contributed by atoms with Crippen molar-refractivity contribution in [3.05, 3.63) is 47.0 Å². The van der Waals surface area contributed by atoms with E-state index in [1.807, 2.05) is 19.1 Å². The van der Waals surface area contributed by atoms with Crippen molar-refractivity contribution < 1.29 is 28.7 Å². The summed E-state index contributed by atoms with van der Waals surface area (Å²) in [4.78, 5) is 22.8. The van der Waals surface area contributed by atoms with Gasteiger partial charge in [0.15, 0.2) is 0 Å². The second kappa shape index (κ2) is 15.5. The Kier molecular flexibility index (Phi) is 17.1. The number of nitrogens with two attached hydrogens (primary N) is 1. The van der Waals surface area contributed by atoms with Crippen molar-refractivity contribution in [3.63, 3.8) is 0 Å². The fourth-order valence-electron chi connectivity index (χ4n) is 2.09. The Balaban J connectivity index is 0.000000547. The van der Waals surface area contributed by atoms with E-state index in [4.69, 9.17) is 0 Å². The van der Waals surface area contributed by atoms with E-state index in [0.717, 1.165) is 10.9 Å². The average Bonchev–Trinajstić information content (AvgIpc) is 2.56. The number of cyclic esters (lactones) is 2. The molecule has 1 aliphatic rings. The predicted molar refractivity (Wildman–Crippen MR) is 139 cm³/mol.